The van der Waals surface area contributed by atoms with E-state index in [2.05, 4.69) is 12.2 Å². The third kappa shape index (κ3) is 4.73. The highest BCUT2D eigenvalue weighted by Crippen LogP contribution is 2.28. The van der Waals surface area contributed by atoms with Crippen LogP contribution in [0.1, 0.15) is 75.1 Å². The number of carbonyl (C=O) groups is 1. The minimum Gasteiger partial charge on any atom is -0.350 e. The van der Waals surface area contributed by atoms with Crippen LogP contribution in [0.2, 0.25) is 0 Å². The zero-order valence-electron chi connectivity index (χ0n) is 19.8. The second-order valence-corrected chi connectivity index (χ2v) is 11.8. The van der Waals surface area contributed by atoms with Crippen molar-refractivity contribution in [1.29, 1.82) is 0 Å². The molecule has 0 unspecified atom stereocenters. The van der Waals surface area contributed by atoms with E-state index in [4.69, 9.17) is 0 Å². The fourth-order valence-electron chi connectivity index (χ4n) is 5.38. The van der Waals surface area contributed by atoms with Crippen LogP contribution in [-0.4, -0.2) is 42.3 Å². The Balaban J connectivity index is 1.69. The van der Waals surface area contributed by atoms with E-state index < -0.39 is 15.5 Å². The van der Waals surface area contributed by atoms with Crippen LogP contribution >= 0.6 is 0 Å². The molecule has 0 spiro atoms. The van der Waals surface area contributed by atoms with Crippen LogP contribution in [0.5, 0.6) is 0 Å². The van der Waals surface area contributed by atoms with Gasteiger partial charge in [-0.15, -0.1) is 0 Å². The van der Waals surface area contributed by atoms with Crippen molar-refractivity contribution >= 4 is 26.8 Å². The summed E-state index contributed by atoms with van der Waals surface area (Å²) in [5, 5.41) is 3.29. The number of amides is 1. The maximum atomic E-state index is 13.3. The first-order valence-corrected chi connectivity index (χ1v) is 13.6. The summed E-state index contributed by atoms with van der Waals surface area (Å²) in [7, 11) is -0.342. The fraction of sp³-hybridized carbons (Fsp3) is 0.600. The van der Waals surface area contributed by atoms with Crippen LogP contribution < -0.4 is 10.7 Å². The summed E-state index contributed by atoms with van der Waals surface area (Å²) < 4.78 is 29.8. The highest BCUT2D eigenvalue weighted by Gasteiger charge is 2.30. The SMILES string of the molecule is C[C@H]1CCCC[C@@H]1NC(=O)c1cn(C)c2ccc(S(=O)(=O)N(C)C3CCCCC3)cc2c1=O. The van der Waals surface area contributed by atoms with E-state index in [-0.39, 0.29) is 33.8 Å². The molecule has 2 aliphatic carbocycles. The fourth-order valence-corrected chi connectivity index (χ4v) is 6.82. The normalized spacial score (nSPS) is 22.5. The summed E-state index contributed by atoms with van der Waals surface area (Å²) in [5.74, 6) is -0.0112. The van der Waals surface area contributed by atoms with Crippen molar-refractivity contribution in [2.24, 2.45) is 13.0 Å². The number of benzene rings is 1. The van der Waals surface area contributed by atoms with Crippen molar-refractivity contribution in [1.82, 2.24) is 14.2 Å². The van der Waals surface area contributed by atoms with Gasteiger partial charge in [-0.05, 0) is 49.8 Å². The maximum absolute atomic E-state index is 13.3. The highest BCUT2D eigenvalue weighted by atomic mass is 32.2. The van der Waals surface area contributed by atoms with Crippen molar-refractivity contribution in [3.63, 3.8) is 0 Å². The minimum atomic E-state index is -3.74. The number of hydrogen-bond acceptors (Lipinski definition) is 4. The topological polar surface area (TPSA) is 88.5 Å². The van der Waals surface area contributed by atoms with Crippen molar-refractivity contribution in [3.05, 3.63) is 40.2 Å². The molecule has 4 rings (SSSR count). The van der Waals surface area contributed by atoms with Crippen LogP contribution in [0, 0.1) is 5.92 Å². The third-order valence-electron chi connectivity index (χ3n) is 7.60. The Morgan fingerprint density at radius 1 is 1.06 bits per heavy atom. The van der Waals surface area contributed by atoms with E-state index >= 15 is 0 Å². The van der Waals surface area contributed by atoms with Gasteiger partial charge in [0.2, 0.25) is 15.5 Å². The van der Waals surface area contributed by atoms with Crippen molar-refractivity contribution in [3.8, 4) is 0 Å². The molecule has 0 saturated heterocycles. The summed E-state index contributed by atoms with van der Waals surface area (Å²) in [6.45, 7) is 2.13. The van der Waals surface area contributed by atoms with Gasteiger partial charge >= 0.3 is 0 Å². The number of aryl methyl sites for hydroxylation is 1. The number of carbonyl (C=O) groups excluding carboxylic acids is 1. The Kier molecular flexibility index (Phi) is 6.96. The predicted octanol–water partition coefficient (Wildman–Crippen LogP) is 3.80. The van der Waals surface area contributed by atoms with Crippen LogP contribution in [0.3, 0.4) is 0 Å². The first-order valence-electron chi connectivity index (χ1n) is 12.1. The zero-order valence-corrected chi connectivity index (χ0v) is 20.7. The Morgan fingerprint density at radius 3 is 2.42 bits per heavy atom. The number of rotatable bonds is 5. The molecule has 8 heteroatoms. The molecule has 2 fully saturated rings. The Labute approximate surface area is 196 Å². The average Bonchev–Trinajstić information content (AvgIpc) is 2.82. The monoisotopic (exact) mass is 473 g/mol. The second kappa shape index (κ2) is 9.58. The molecule has 1 amide bonds. The molecule has 1 N–H and O–H groups in total. The molecule has 2 aromatic rings. The minimum absolute atomic E-state index is 0.0168. The standard InChI is InChI=1S/C25H35N3O4S/c1-17-9-7-8-12-22(17)26-25(30)21-16-27(2)23-14-13-19(15-20(23)24(21)29)33(31,32)28(3)18-10-5-4-6-11-18/h13-18,22H,4-12H2,1-3H3,(H,26,30)/t17-,22-/m0/s1. The zero-order chi connectivity index (χ0) is 23.8. The number of aromatic nitrogens is 1. The number of hydrogen-bond donors (Lipinski definition) is 1. The molecular formula is C25H35N3O4S. The first kappa shape index (κ1) is 24.0. The maximum Gasteiger partial charge on any atom is 0.256 e. The van der Waals surface area contributed by atoms with E-state index in [0.717, 1.165) is 57.8 Å². The predicted molar refractivity (Wildman–Crippen MR) is 130 cm³/mol. The van der Waals surface area contributed by atoms with Crippen LogP contribution in [0.4, 0.5) is 0 Å². The van der Waals surface area contributed by atoms with E-state index in [1.165, 1.54) is 10.4 Å². The molecule has 0 radical (unpaired) electrons. The molecule has 2 aliphatic rings. The van der Waals surface area contributed by atoms with Crippen LogP contribution in [-0.2, 0) is 17.1 Å². The van der Waals surface area contributed by atoms with E-state index in [9.17, 15) is 18.0 Å². The van der Waals surface area contributed by atoms with Gasteiger partial charge in [0.25, 0.3) is 5.91 Å². The smallest absolute Gasteiger partial charge is 0.256 e. The molecule has 0 aliphatic heterocycles. The molecule has 180 valence electrons. The molecule has 2 atom stereocenters. The summed E-state index contributed by atoms with van der Waals surface area (Å²) in [6.07, 6.45) is 10.7. The van der Waals surface area contributed by atoms with Gasteiger partial charge in [-0.1, -0.05) is 39.0 Å². The van der Waals surface area contributed by atoms with E-state index in [1.54, 1.807) is 37.0 Å². The van der Waals surface area contributed by atoms with Gasteiger partial charge in [0.1, 0.15) is 5.56 Å². The van der Waals surface area contributed by atoms with Crippen LogP contribution in [0.25, 0.3) is 10.9 Å². The summed E-state index contributed by atoms with van der Waals surface area (Å²) in [6, 6.07) is 4.69. The van der Waals surface area contributed by atoms with Crippen LogP contribution in [0.15, 0.2) is 34.1 Å². The molecule has 1 heterocycles. The summed E-state index contributed by atoms with van der Waals surface area (Å²) in [5.41, 5.74) is 0.223. The molecule has 2 saturated carbocycles. The lowest BCUT2D eigenvalue weighted by Crippen LogP contribution is -2.42. The van der Waals surface area contributed by atoms with Gasteiger partial charge in [-0.2, -0.15) is 4.31 Å². The molecular weight excluding hydrogens is 438 g/mol. The number of pyridine rings is 1. The third-order valence-corrected chi connectivity index (χ3v) is 9.50. The second-order valence-electron chi connectivity index (χ2n) is 9.82. The summed E-state index contributed by atoms with van der Waals surface area (Å²) in [4.78, 5) is 26.4. The number of nitrogens with one attached hydrogen (secondary N) is 1. The van der Waals surface area contributed by atoms with Gasteiger partial charge in [-0.3, -0.25) is 9.59 Å². The lowest BCUT2D eigenvalue weighted by atomic mass is 9.86. The van der Waals surface area contributed by atoms with Gasteiger partial charge in [0, 0.05) is 37.8 Å². The van der Waals surface area contributed by atoms with Gasteiger partial charge < -0.3 is 9.88 Å². The van der Waals surface area contributed by atoms with Gasteiger partial charge in [0.05, 0.1) is 10.4 Å². The molecule has 1 aromatic heterocycles. The average molecular weight is 474 g/mol. The van der Waals surface area contributed by atoms with Gasteiger partial charge in [-0.25, -0.2) is 8.42 Å². The number of fused-ring (bicyclic) bond motifs is 1. The first-order chi connectivity index (χ1) is 15.7. The Morgan fingerprint density at radius 2 is 1.73 bits per heavy atom. The number of sulfonamides is 1. The lowest BCUT2D eigenvalue weighted by molar-refractivity contribution is 0.0908. The van der Waals surface area contributed by atoms with E-state index in [1.807, 2.05) is 0 Å². The molecule has 0 bridgehead atoms. The van der Waals surface area contributed by atoms with Crippen molar-refractivity contribution in [2.75, 3.05) is 7.05 Å². The summed E-state index contributed by atoms with van der Waals surface area (Å²) >= 11 is 0. The molecule has 33 heavy (non-hydrogen) atoms. The molecule has 7 nitrogen and oxygen atoms in total. The number of nitrogens with zero attached hydrogens (tertiary/aromatic N) is 2. The quantitative estimate of drug-likeness (QED) is 0.715. The highest BCUT2D eigenvalue weighted by molar-refractivity contribution is 7.89. The van der Waals surface area contributed by atoms with Crippen molar-refractivity contribution in [2.45, 2.75) is 81.7 Å². The Hall–Kier alpha value is -2.19. The molecule has 1 aromatic carbocycles. The van der Waals surface area contributed by atoms with Gasteiger partial charge in [0.15, 0.2) is 0 Å². The largest absolute Gasteiger partial charge is 0.350 e. The lowest BCUT2D eigenvalue weighted by Gasteiger charge is -2.30. The van der Waals surface area contributed by atoms with Crippen molar-refractivity contribution < 1.29 is 13.2 Å². The Bertz CT molecular complexity index is 1200. The van der Waals surface area contributed by atoms with E-state index in [0.29, 0.717) is 11.4 Å².